The number of rotatable bonds is 2. The minimum atomic E-state index is -4.79. The molecule has 1 aromatic rings. The molecule has 0 aromatic heterocycles. The topological polar surface area (TPSA) is 46.2 Å². The van der Waals surface area contributed by atoms with E-state index in [0.717, 1.165) is 0 Å². The maximum Gasteiger partial charge on any atom is 0.416 e. The normalized spacial score (nSPS) is 15.0. The Balaban J connectivity index is 0.00000256. The van der Waals surface area contributed by atoms with Crippen LogP contribution in [-0.4, -0.2) is 17.4 Å². The van der Waals surface area contributed by atoms with Gasteiger partial charge in [0.05, 0.1) is 6.04 Å². The molecule has 0 aliphatic carbocycles. The summed E-state index contributed by atoms with van der Waals surface area (Å²) in [6.07, 6.45) is -7.45. The molecule has 0 aliphatic heterocycles. The first kappa shape index (κ1) is 16.8. The van der Waals surface area contributed by atoms with Crippen LogP contribution in [0.4, 0.5) is 13.2 Å². The third-order valence-electron chi connectivity index (χ3n) is 2.00. The number of benzene rings is 1. The Morgan fingerprint density at radius 2 is 1.76 bits per heavy atom. The van der Waals surface area contributed by atoms with Gasteiger partial charge in [-0.3, -0.25) is 0 Å². The van der Waals surface area contributed by atoms with Crippen molar-refractivity contribution in [1.82, 2.24) is 0 Å². The van der Waals surface area contributed by atoms with Crippen LogP contribution < -0.4 is 5.73 Å². The van der Waals surface area contributed by atoms with Crippen LogP contribution in [-0.2, 0) is 0 Å². The van der Waals surface area contributed by atoms with Gasteiger partial charge in [-0.05, 0) is 17.7 Å². The van der Waals surface area contributed by atoms with Gasteiger partial charge >= 0.3 is 6.18 Å². The van der Waals surface area contributed by atoms with Crippen LogP contribution in [0.25, 0.3) is 0 Å². The molecule has 0 spiro atoms. The molecule has 0 saturated carbocycles. The molecule has 98 valence electrons. The van der Waals surface area contributed by atoms with Crippen LogP contribution >= 0.6 is 35.6 Å². The van der Waals surface area contributed by atoms with E-state index in [2.05, 4.69) is 0 Å². The van der Waals surface area contributed by atoms with Gasteiger partial charge in [-0.15, -0.1) is 12.4 Å². The molecule has 3 N–H and O–H groups in total. The fraction of sp³-hybridized carbons (Fsp3) is 0.333. The summed E-state index contributed by atoms with van der Waals surface area (Å²) in [4.78, 5) is 0. The summed E-state index contributed by atoms with van der Waals surface area (Å²) < 4.78 is 36.6. The highest BCUT2D eigenvalue weighted by Crippen LogP contribution is 2.32. The first-order valence-corrected chi connectivity index (χ1v) is 4.94. The zero-order valence-corrected chi connectivity index (χ0v) is 10.5. The molecule has 1 rings (SSSR count). The van der Waals surface area contributed by atoms with Gasteiger partial charge in [0.1, 0.15) is 0 Å². The monoisotopic (exact) mass is 309 g/mol. The minimum Gasteiger partial charge on any atom is -0.382 e. The fourth-order valence-electron chi connectivity index (χ4n) is 1.15. The highest BCUT2D eigenvalue weighted by molar-refractivity contribution is 6.35. The van der Waals surface area contributed by atoms with E-state index in [1.165, 1.54) is 18.2 Å². The number of hydrogen-bond acceptors (Lipinski definition) is 2. The molecule has 2 nitrogen and oxygen atoms in total. The van der Waals surface area contributed by atoms with Crippen LogP contribution in [0.1, 0.15) is 11.6 Å². The van der Waals surface area contributed by atoms with Crippen molar-refractivity contribution < 1.29 is 18.3 Å². The van der Waals surface area contributed by atoms with Crippen molar-refractivity contribution >= 4 is 35.6 Å². The maximum absolute atomic E-state index is 12.2. The van der Waals surface area contributed by atoms with Crippen molar-refractivity contribution in [2.24, 2.45) is 5.73 Å². The quantitative estimate of drug-likeness (QED) is 0.880. The number of aliphatic hydroxyl groups is 1. The average molecular weight is 311 g/mol. The van der Waals surface area contributed by atoms with E-state index in [1.807, 2.05) is 0 Å². The third kappa shape index (κ3) is 4.19. The molecular formula is C9H9Cl3F3NO. The molecule has 0 radical (unpaired) electrons. The Bertz CT molecular complexity index is 386. The van der Waals surface area contributed by atoms with Crippen LogP contribution in [0.2, 0.25) is 10.0 Å². The molecule has 1 aromatic carbocycles. The lowest BCUT2D eigenvalue weighted by Crippen LogP contribution is -2.38. The Hall–Kier alpha value is -0.200. The molecule has 0 amide bonds. The summed E-state index contributed by atoms with van der Waals surface area (Å²) >= 11 is 11.3. The van der Waals surface area contributed by atoms with E-state index in [4.69, 9.17) is 34.0 Å². The lowest BCUT2D eigenvalue weighted by Gasteiger charge is -2.22. The molecule has 0 saturated heterocycles. The van der Waals surface area contributed by atoms with Gasteiger partial charge in [-0.2, -0.15) is 13.2 Å². The summed E-state index contributed by atoms with van der Waals surface area (Å²) in [7, 11) is 0. The zero-order chi connectivity index (χ0) is 12.5. The van der Waals surface area contributed by atoms with Crippen molar-refractivity contribution in [3.8, 4) is 0 Å². The van der Waals surface area contributed by atoms with Gasteiger partial charge < -0.3 is 10.8 Å². The summed E-state index contributed by atoms with van der Waals surface area (Å²) in [5.41, 5.74) is 5.27. The van der Waals surface area contributed by atoms with E-state index in [1.54, 1.807) is 0 Å². The summed E-state index contributed by atoms with van der Waals surface area (Å²) in [6, 6.07) is 2.24. The van der Waals surface area contributed by atoms with E-state index in [0.29, 0.717) is 0 Å². The van der Waals surface area contributed by atoms with Crippen LogP contribution in [0.15, 0.2) is 18.2 Å². The number of hydrogen-bond donors (Lipinski definition) is 2. The van der Waals surface area contributed by atoms with Crippen LogP contribution in [0.3, 0.4) is 0 Å². The predicted molar refractivity (Wildman–Crippen MR) is 62.7 cm³/mol. The SMILES string of the molecule is Cl.N[C@H](c1ccc(Cl)cc1Cl)[C@@H](O)C(F)(F)F. The largest absolute Gasteiger partial charge is 0.416 e. The fourth-order valence-corrected chi connectivity index (χ4v) is 1.68. The van der Waals surface area contributed by atoms with Gasteiger partial charge in [0, 0.05) is 10.0 Å². The van der Waals surface area contributed by atoms with E-state index in [-0.39, 0.29) is 28.0 Å². The Kier molecular flexibility index (Phi) is 6.04. The minimum absolute atomic E-state index is 0. The van der Waals surface area contributed by atoms with Gasteiger partial charge in [-0.1, -0.05) is 29.3 Å². The maximum atomic E-state index is 12.2. The highest BCUT2D eigenvalue weighted by Gasteiger charge is 2.43. The summed E-state index contributed by atoms with van der Waals surface area (Å²) in [5.74, 6) is 0. The number of alkyl halides is 3. The molecule has 0 fully saturated rings. The van der Waals surface area contributed by atoms with Crippen molar-refractivity contribution in [2.75, 3.05) is 0 Å². The molecule has 2 atom stereocenters. The molecule has 17 heavy (non-hydrogen) atoms. The molecule has 0 bridgehead atoms. The highest BCUT2D eigenvalue weighted by atomic mass is 35.5. The predicted octanol–water partition coefficient (Wildman–Crippen LogP) is 3.34. The zero-order valence-electron chi connectivity index (χ0n) is 8.21. The molecule has 0 unspecified atom stereocenters. The van der Waals surface area contributed by atoms with E-state index < -0.39 is 18.3 Å². The van der Waals surface area contributed by atoms with E-state index in [9.17, 15) is 13.2 Å². The first-order chi connectivity index (χ1) is 7.23. The van der Waals surface area contributed by atoms with Crippen molar-refractivity contribution in [1.29, 1.82) is 0 Å². The second-order valence-electron chi connectivity index (χ2n) is 3.18. The van der Waals surface area contributed by atoms with Gasteiger partial charge in [0.15, 0.2) is 6.10 Å². The van der Waals surface area contributed by atoms with Gasteiger partial charge in [-0.25, -0.2) is 0 Å². The molecule has 8 heteroatoms. The van der Waals surface area contributed by atoms with Crippen molar-refractivity contribution in [3.05, 3.63) is 33.8 Å². The van der Waals surface area contributed by atoms with Crippen molar-refractivity contribution in [2.45, 2.75) is 18.3 Å². The molecular weight excluding hydrogens is 301 g/mol. The Labute approximate surface area is 112 Å². The third-order valence-corrected chi connectivity index (χ3v) is 2.56. The van der Waals surface area contributed by atoms with Crippen LogP contribution in [0, 0.1) is 0 Å². The first-order valence-electron chi connectivity index (χ1n) is 4.19. The number of halogens is 6. The lowest BCUT2D eigenvalue weighted by molar-refractivity contribution is -0.210. The van der Waals surface area contributed by atoms with Gasteiger partial charge in [0.2, 0.25) is 0 Å². The van der Waals surface area contributed by atoms with Gasteiger partial charge in [0.25, 0.3) is 0 Å². The smallest absolute Gasteiger partial charge is 0.382 e. The standard InChI is InChI=1S/C9H8Cl2F3NO.ClH/c10-4-1-2-5(6(11)3-4)7(15)8(16)9(12,13)14;/h1-3,7-8,16H,15H2;1H/t7-,8-;/m1./s1. The molecule has 0 heterocycles. The Morgan fingerprint density at radius 1 is 1.24 bits per heavy atom. The molecule has 0 aliphatic rings. The Morgan fingerprint density at radius 3 is 2.18 bits per heavy atom. The lowest BCUT2D eigenvalue weighted by atomic mass is 10.0. The summed E-state index contributed by atoms with van der Waals surface area (Å²) in [6.45, 7) is 0. The van der Waals surface area contributed by atoms with Crippen molar-refractivity contribution in [3.63, 3.8) is 0 Å². The second-order valence-corrected chi connectivity index (χ2v) is 4.02. The van der Waals surface area contributed by atoms with E-state index >= 15 is 0 Å². The summed E-state index contributed by atoms with van der Waals surface area (Å²) in [5, 5.41) is 9.23. The van der Waals surface area contributed by atoms with Crippen LogP contribution in [0.5, 0.6) is 0 Å². The second kappa shape index (κ2) is 6.11. The number of aliphatic hydroxyl groups excluding tert-OH is 1. The average Bonchev–Trinajstić information content (AvgIpc) is 2.14. The number of nitrogens with two attached hydrogens (primary N) is 1.